The van der Waals surface area contributed by atoms with E-state index in [1.165, 1.54) is 29.2 Å². The number of non-ortho nitro benzene ring substituents is 1. The molecule has 3 rings (SSSR count). The van der Waals surface area contributed by atoms with Gasteiger partial charge < -0.3 is 10.0 Å². The molecule has 2 aromatic rings. The SMILES string of the molecule is CCN1C(=O)[C@@](O)(CC(=O)c2ccc([N+](=O)[O-])cc2)c2ccccc21. The quantitative estimate of drug-likeness (QED) is 0.512. The van der Waals surface area contributed by atoms with Gasteiger partial charge >= 0.3 is 0 Å². The molecule has 0 fully saturated rings. The highest BCUT2D eigenvalue weighted by Crippen LogP contribution is 2.42. The van der Waals surface area contributed by atoms with Crippen molar-refractivity contribution in [2.24, 2.45) is 0 Å². The molecular weight excluding hydrogens is 324 g/mol. The summed E-state index contributed by atoms with van der Waals surface area (Å²) in [6, 6.07) is 11.9. The molecular formula is C18H16N2O5. The van der Waals surface area contributed by atoms with Crippen LogP contribution in [0.2, 0.25) is 0 Å². The van der Waals surface area contributed by atoms with Crippen molar-refractivity contribution in [2.45, 2.75) is 18.9 Å². The van der Waals surface area contributed by atoms with E-state index in [9.17, 15) is 24.8 Å². The molecule has 0 saturated heterocycles. The van der Waals surface area contributed by atoms with Crippen LogP contribution in [-0.2, 0) is 10.4 Å². The number of nitrogens with zero attached hydrogens (tertiary/aromatic N) is 2. The molecule has 1 heterocycles. The Bertz CT molecular complexity index is 862. The molecule has 1 N–H and O–H groups in total. The second kappa shape index (κ2) is 6.10. The molecule has 0 aliphatic carbocycles. The molecule has 1 aliphatic rings. The summed E-state index contributed by atoms with van der Waals surface area (Å²) in [6.45, 7) is 2.17. The minimum absolute atomic E-state index is 0.130. The summed E-state index contributed by atoms with van der Waals surface area (Å²) in [5, 5.41) is 21.7. The number of likely N-dealkylation sites (N-methyl/N-ethyl adjacent to an activating group) is 1. The summed E-state index contributed by atoms with van der Waals surface area (Å²) in [5.74, 6) is -0.995. The van der Waals surface area contributed by atoms with Crippen LogP contribution >= 0.6 is 0 Å². The van der Waals surface area contributed by atoms with Crippen LogP contribution in [0.5, 0.6) is 0 Å². The number of fused-ring (bicyclic) bond motifs is 1. The number of hydrogen-bond acceptors (Lipinski definition) is 5. The molecule has 2 aromatic carbocycles. The van der Waals surface area contributed by atoms with Crippen LogP contribution in [0.4, 0.5) is 11.4 Å². The zero-order chi connectivity index (χ0) is 18.2. The lowest BCUT2D eigenvalue weighted by Gasteiger charge is -2.22. The van der Waals surface area contributed by atoms with Gasteiger partial charge in [0.1, 0.15) is 0 Å². The van der Waals surface area contributed by atoms with E-state index in [2.05, 4.69) is 0 Å². The number of carbonyl (C=O) groups is 2. The summed E-state index contributed by atoms with van der Waals surface area (Å²) in [7, 11) is 0. The molecule has 0 unspecified atom stereocenters. The van der Waals surface area contributed by atoms with E-state index in [-0.39, 0.29) is 11.3 Å². The Labute approximate surface area is 143 Å². The average molecular weight is 340 g/mol. The Morgan fingerprint density at radius 3 is 2.44 bits per heavy atom. The Morgan fingerprint density at radius 1 is 1.20 bits per heavy atom. The number of aliphatic hydroxyl groups is 1. The Balaban J connectivity index is 1.92. The van der Waals surface area contributed by atoms with Crippen molar-refractivity contribution in [1.29, 1.82) is 0 Å². The lowest BCUT2D eigenvalue weighted by atomic mass is 9.88. The molecule has 1 amide bonds. The largest absolute Gasteiger partial charge is 0.375 e. The van der Waals surface area contributed by atoms with Gasteiger partial charge in [0, 0.05) is 29.8 Å². The first kappa shape index (κ1) is 16.8. The smallest absolute Gasteiger partial charge is 0.269 e. The molecule has 0 radical (unpaired) electrons. The monoisotopic (exact) mass is 340 g/mol. The molecule has 0 aromatic heterocycles. The molecule has 0 spiro atoms. The van der Waals surface area contributed by atoms with Crippen LogP contribution in [0.25, 0.3) is 0 Å². The number of nitro benzene ring substituents is 1. The molecule has 1 aliphatic heterocycles. The fourth-order valence-electron chi connectivity index (χ4n) is 3.09. The molecule has 7 nitrogen and oxygen atoms in total. The van der Waals surface area contributed by atoms with Crippen LogP contribution in [-0.4, -0.2) is 28.3 Å². The van der Waals surface area contributed by atoms with E-state index >= 15 is 0 Å². The maximum absolute atomic E-state index is 12.7. The average Bonchev–Trinajstić information content (AvgIpc) is 2.82. The van der Waals surface area contributed by atoms with Crippen LogP contribution in [0.3, 0.4) is 0 Å². The van der Waals surface area contributed by atoms with E-state index in [0.717, 1.165) is 0 Å². The Kier molecular flexibility index (Phi) is 4.10. The molecule has 128 valence electrons. The number of anilines is 1. The van der Waals surface area contributed by atoms with Gasteiger partial charge in [0.25, 0.3) is 11.6 Å². The molecule has 0 bridgehead atoms. The van der Waals surface area contributed by atoms with Crippen LogP contribution in [0, 0.1) is 10.1 Å². The number of benzene rings is 2. The van der Waals surface area contributed by atoms with E-state index in [1.54, 1.807) is 31.2 Å². The van der Waals surface area contributed by atoms with Crippen molar-refractivity contribution >= 4 is 23.1 Å². The van der Waals surface area contributed by atoms with E-state index in [1.807, 2.05) is 0 Å². The maximum Gasteiger partial charge on any atom is 0.269 e. The highest BCUT2D eigenvalue weighted by molar-refractivity contribution is 6.10. The van der Waals surface area contributed by atoms with Gasteiger partial charge in [0.05, 0.1) is 17.0 Å². The number of carbonyl (C=O) groups excluding carboxylic acids is 2. The van der Waals surface area contributed by atoms with Crippen molar-refractivity contribution in [3.63, 3.8) is 0 Å². The van der Waals surface area contributed by atoms with Gasteiger partial charge in [0.2, 0.25) is 0 Å². The van der Waals surface area contributed by atoms with E-state index < -0.39 is 28.6 Å². The summed E-state index contributed by atoms with van der Waals surface area (Å²) in [6.07, 6.45) is -0.419. The second-order valence-corrected chi connectivity index (χ2v) is 5.83. The Hall–Kier alpha value is -3.06. The van der Waals surface area contributed by atoms with E-state index in [4.69, 9.17) is 0 Å². The number of nitro groups is 1. The zero-order valence-electron chi connectivity index (χ0n) is 13.5. The third-order valence-corrected chi connectivity index (χ3v) is 4.37. The van der Waals surface area contributed by atoms with Crippen molar-refractivity contribution in [2.75, 3.05) is 11.4 Å². The molecule has 1 atom stereocenters. The van der Waals surface area contributed by atoms with Crippen molar-refractivity contribution in [3.05, 3.63) is 69.8 Å². The topological polar surface area (TPSA) is 101 Å². The van der Waals surface area contributed by atoms with Crippen molar-refractivity contribution in [3.8, 4) is 0 Å². The first-order valence-electron chi connectivity index (χ1n) is 7.80. The standard InChI is InChI=1S/C18H16N2O5/c1-2-19-15-6-4-3-5-14(15)18(23,17(19)22)11-16(21)12-7-9-13(10-8-12)20(24)25/h3-10,23H,2,11H2,1H3/t18-/m1/s1. The van der Waals surface area contributed by atoms with Gasteiger partial charge in [-0.2, -0.15) is 0 Å². The number of ketones is 1. The first-order chi connectivity index (χ1) is 11.9. The molecule has 7 heteroatoms. The van der Waals surface area contributed by atoms with Crippen LogP contribution in [0.1, 0.15) is 29.3 Å². The third kappa shape index (κ3) is 2.68. The summed E-state index contributed by atoms with van der Waals surface area (Å²) in [5.41, 5.74) is -0.856. The van der Waals surface area contributed by atoms with E-state index in [0.29, 0.717) is 17.8 Å². The molecule has 0 saturated carbocycles. The second-order valence-electron chi connectivity index (χ2n) is 5.83. The van der Waals surface area contributed by atoms with Gasteiger partial charge in [-0.3, -0.25) is 19.7 Å². The highest BCUT2D eigenvalue weighted by atomic mass is 16.6. The van der Waals surface area contributed by atoms with Gasteiger partial charge in [-0.15, -0.1) is 0 Å². The van der Waals surface area contributed by atoms with Gasteiger partial charge in [0.15, 0.2) is 11.4 Å². The number of Topliss-reactive ketones (excluding diaryl/α,β-unsaturated/α-hetero) is 1. The highest BCUT2D eigenvalue weighted by Gasteiger charge is 2.50. The summed E-state index contributed by atoms with van der Waals surface area (Å²) in [4.78, 5) is 36.8. The fraction of sp³-hybridized carbons (Fsp3) is 0.222. The van der Waals surface area contributed by atoms with Crippen molar-refractivity contribution in [1.82, 2.24) is 0 Å². The third-order valence-electron chi connectivity index (χ3n) is 4.37. The lowest BCUT2D eigenvalue weighted by molar-refractivity contribution is -0.384. The zero-order valence-corrected chi connectivity index (χ0v) is 13.5. The van der Waals surface area contributed by atoms with Crippen molar-refractivity contribution < 1.29 is 19.6 Å². The summed E-state index contributed by atoms with van der Waals surface area (Å²) < 4.78 is 0. The van der Waals surface area contributed by atoms with Gasteiger partial charge in [-0.1, -0.05) is 18.2 Å². The predicted octanol–water partition coefficient (Wildman–Crippen LogP) is 2.42. The number of rotatable bonds is 5. The molecule has 25 heavy (non-hydrogen) atoms. The lowest BCUT2D eigenvalue weighted by Crippen LogP contribution is -2.41. The fourth-order valence-corrected chi connectivity index (χ4v) is 3.09. The first-order valence-corrected chi connectivity index (χ1v) is 7.80. The minimum atomic E-state index is -1.93. The maximum atomic E-state index is 12.7. The van der Waals surface area contributed by atoms with Gasteiger partial charge in [-0.05, 0) is 25.1 Å². The Morgan fingerprint density at radius 2 is 1.84 bits per heavy atom. The normalized spacial score (nSPS) is 19.0. The van der Waals surface area contributed by atoms with Crippen LogP contribution < -0.4 is 4.90 Å². The number of hydrogen-bond donors (Lipinski definition) is 1. The number of para-hydroxylation sites is 1. The van der Waals surface area contributed by atoms with Crippen LogP contribution in [0.15, 0.2) is 48.5 Å². The summed E-state index contributed by atoms with van der Waals surface area (Å²) >= 11 is 0. The van der Waals surface area contributed by atoms with Gasteiger partial charge in [-0.25, -0.2) is 0 Å². The number of amides is 1. The predicted molar refractivity (Wildman–Crippen MR) is 90.4 cm³/mol. The minimum Gasteiger partial charge on any atom is -0.375 e.